The molecule has 0 radical (unpaired) electrons. The molecule has 0 saturated heterocycles. The number of aliphatic hydroxyl groups is 1. The topological polar surface area (TPSA) is 49.3 Å². The van der Waals surface area contributed by atoms with Crippen LogP contribution in [0.25, 0.3) is 0 Å². The van der Waals surface area contributed by atoms with E-state index in [1.807, 2.05) is 25.1 Å². The summed E-state index contributed by atoms with van der Waals surface area (Å²) in [6.07, 6.45) is 3.35. The highest BCUT2D eigenvalue weighted by atomic mass is 79.9. The average molecular weight is 312 g/mol. The summed E-state index contributed by atoms with van der Waals surface area (Å²) in [6, 6.07) is 5.44. The number of carbonyl (C=O) groups excluding carboxylic acids is 1. The smallest absolute Gasteiger partial charge is 0.251 e. The normalized spacial score (nSPS) is 23.7. The van der Waals surface area contributed by atoms with Crippen LogP contribution in [0, 0.1) is 6.92 Å². The molecule has 98 valence electrons. The van der Waals surface area contributed by atoms with Crippen LogP contribution in [0.15, 0.2) is 22.7 Å². The number of hydrogen-bond donors (Lipinski definition) is 2. The van der Waals surface area contributed by atoms with Gasteiger partial charge in [0.1, 0.15) is 0 Å². The Bertz CT molecular complexity index is 447. The van der Waals surface area contributed by atoms with E-state index in [0.29, 0.717) is 5.56 Å². The SMILES string of the molecule is Cc1ccc(C(=O)NC2CCCCC2O)cc1Br. The highest BCUT2D eigenvalue weighted by molar-refractivity contribution is 9.10. The summed E-state index contributed by atoms with van der Waals surface area (Å²) in [5.41, 5.74) is 1.73. The Morgan fingerprint density at radius 1 is 1.39 bits per heavy atom. The van der Waals surface area contributed by atoms with Crippen LogP contribution in [-0.4, -0.2) is 23.2 Å². The Balaban J connectivity index is 2.04. The molecule has 0 bridgehead atoms. The number of halogens is 1. The summed E-state index contributed by atoms with van der Waals surface area (Å²) in [7, 11) is 0. The van der Waals surface area contributed by atoms with E-state index in [9.17, 15) is 9.90 Å². The fourth-order valence-corrected chi connectivity index (χ4v) is 2.64. The van der Waals surface area contributed by atoms with Crippen LogP contribution in [-0.2, 0) is 0 Å². The summed E-state index contributed by atoms with van der Waals surface area (Å²) in [6.45, 7) is 1.98. The predicted molar refractivity (Wildman–Crippen MR) is 74.6 cm³/mol. The molecule has 2 N–H and O–H groups in total. The maximum atomic E-state index is 12.1. The molecule has 3 nitrogen and oxygen atoms in total. The van der Waals surface area contributed by atoms with E-state index in [0.717, 1.165) is 35.7 Å². The van der Waals surface area contributed by atoms with Crippen LogP contribution in [0.5, 0.6) is 0 Å². The molecular weight excluding hydrogens is 294 g/mol. The van der Waals surface area contributed by atoms with Crippen molar-refractivity contribution in [2.75, 3.05) is 0 Å². The molecule has 2 atom stereocenters. The first kappa shape index (κ1) is 13.6. The van der Waals surface area contributed by atoms with Gasteiger partial charge < -0.3 is 10.4 Å². The minimum Gasteiger partial charge on any atom is -0.391 e. The molecule has 1 aliphatic rings. The van der Waals surface area contributed by atoms with Gasteiger partial charge in [0.2, 0.25) is 0 Å². The molecule has 1 aromatic rings. The molecule has 0 spiro atoms. The second-order valence-corrected chi connectivity index (χ2v) is 5.75. The van der Waals surface area contributed by atoms with E-state index in [4.69, 9.17) is 0 Å². The minimum atomic E-state index is -0.406. The summed E-state index contributed by atoms with van der Waals surface area (Å²) in [5.74, 6) is -0.110. The van der Waals surface area contributed by atoms with Gasteiger partial charge in [0.15, 0.2) is 0 Å². The molecule has 0 aliphatic heterocycles. The van der Waals surface area contributed by atoms with Gasteiger partial charge in [-0.2, -0.15) is 0 Å². The standard InChI is InChI=1S/C14H18BrNO2/c1-9-6-7-10(8-11(9)15)14(18)16-12-4-2-3-5-13(12)17/h6-8,12-13,17H,2-5H2,1H3,(H,16,18). The zero-order valence-corrected chi connectivity index (χ0v) is 12.0. The van der Waals surface area contributed by atoms with Crippen molar-refractivity contribution >= 4 is 21.8 Å². The molecule has 18 heavy (non-hydrogen) atoms. The lowest BCUT2D eigenvalue weighted by molar-refractivity contribution is 0.0717. The van der Waals surface area contributed by atoms with Gasteiger partial charge in [-0.05, 0) is 37.5 Å². The lowest BCUT2D eigenvalue weighted by Gasteiger charge is -2.28. The van der Waals surface area contributed by atoms with Crippen LogP contribution in [0.2, 0.25) is 0 Å². The predicted octanol–water partition coefficient (Wildman–Crippen LogP) is 2.79. The van der Waals surface area contributed by atoms with E-state index in [1.54, 1.807) is 0 Å². The zero-order chi connectivity index (χ0) is 13.1. The summed E-state index contributed by atoms with van der Waals surface area (Å²) in [5, 5.41) is 12.8. The molecular formula is C14H18BrNO2. The first-order chi connectivity index (χ1) is 8.58. The molecule has 1 fully saturated rings. The highest BCUT2D eigenvalue weighted by Crippen LogP contribution is 2.20. The van der Waals surface area contributed by atoms with Crippen molar-refractivity contribution in [3.63, 3.8) is 0 Å². The van der Waals surface area contributed by atoms with Crippen molar-refractivity contribution in [1.82, 2.24) is 5.32 Å². The third kappa shape index (κ3) is 3.12. The van der Waals surface area contributed by atoms with Crippen LogP contribution in [0.4, 0.5) is 0 Å². The van der Waals surface area contributed by atoms with Crippen LogP contribution < -0.4 is 5.32 Å². The van der Waals surface area contributed by atoms with E-state index < -0.39 is 6.10 Å². The quantitative estimate of drug-likeness (QED) is 0.882. The molecule has 1 aliphatic carbocycles. The Hall–Kier alpha value is -0.870. The fourth-order valence-electron chi connectivity index (χ4n) is 2.27. The third-order valence-corrected chi connectivity index (χ3v) is 4.33. The highest BCUT2D eigenvalue weighted by Gasteiger charge is 2.24. The van der Waals surface area contributed by atoms with Crippen molar-refractivity contribution in [3.05, 3.63) is 33.8 Å². The number of rotatable bonds is 2. The summed E-state index contributed by atoms with van der Waals surface area (Å²) >= 11 is 3.42. The van der Waals surface area contributed by atoms with Crippen LogP contribution in [0.3, 0.4) is 0 Å². The van der Waals surface area contributed by atoms with Gasteiger partial charge in [0.25, 0.3) is 5.91 Å². The first-order valence-electron chi connectivity index (χ1n) is 6.33. The van der Waals surface area contributed by atoms with Crippen molar-refractivity contribution in [1.29, 1.82) is 0 Å². The number of aryl methyl sites for hydroxylation is 1. The van der Waals surface area contributed by atoms with Crippen molar-refractivity contribution < 1.29 is 9.90 Å². The van der Waals surface area contributed by atoms with Gasteiger partial charge in [-0.25, -0.2) is 0 Å². The second-order valence-electron chi connectivity index (χ2n) is 4.90. The van der Waals surface area contributed by atoms with E-state index >= 15 is 0 Å². The third-order valence-electron chi connectivity index (χ3n) is 3.48. The number of benzene rings is 1. The number of nitrogens with one attached hydrogen (secondary N) is 1. The van der Waals surface area contributed by atoms with Crippen LogP contribution in [0.1, 0.15) is 41.6 Å². The maximum Gasteiger partial charge on any atom is 0.251 e. The zero-order valence-electron chi connectivity index (χ0n) is 10.4. The molecule has 2 rings (SSSR count). The molecule has 1 aromatic carbocycles. The molecule has 1 saturated carbocycles. The lowest BCUT2D eigenvalue weighted by atomic mass is 9.92. The summed E-state index contributed by atoms with van der Waals surface area (Å²) in [4.78, 5) is 12.1. The largest absolute Gasteiger partial charge is 0.391 e. The second kappa shape index (κ2) is 5.85. The van der Waals surface area contributed by atoms with Crippen molar-refractivity contribution in [2.24, 2.45) is 0 Å². The number of carbonyl (C=O) groups is 1. The average Bonchev–Trinajstić information content (AvgIpc) is 2.35. The van der Waals surface area contributed by atoms with Gasteiger partial charge in [-0.3, -0.25) is 4.79 Å². The first-order valence-corrected chi connectivity index (χ1v) is 7.12. The van der Waals surface area contributed by atoms with E-state index in [1.165, 1.54) is 0 Å². The molecule has 0 heterocycles. The number of amides is 1. The van der Waals surface area contributed by atoms with Gasteiger partial charge >= 0.3 is 0 Å². The summed E-state index contributed by atoms with van der Waals surface area (Å²) < 4.78 is 0.930. The van der Waals surface area contributed by atoms with Gasteiger partial charge in [0, 0.05) is 10.0 Å². The molecule has 1 amide bonds. The monoisotopic (exact) mass is 311 g/mol. The van der Waals surface area contributed by atoms with Crippen LogP contribution >= 0.6 is 15.9 Å². The lowest BCUT2D eigenvalue weighted by Crippen LogP contribution is -2.45. The van der Waals surface area contributed by atoms with E-state index in [2.05, 4.69) is 21.2 Å². The van der Waals surface area contributed by atoms with E-state index in [-0.39, 0.29) is 11.9 Å². The Kier molecular flexibility index (Phi) is 4.40. The van der Waals surface area contributed by atoms with Gasteiger partial charge in [-0.15, -0.1) is 0 Å². The maximum absolute atomic E-state index is 12.1. The van der Waals surface area contributed by atoms with Crippen molar-refractivity contribution in [3.8, 4) is 0 Å². The Labute approximate surface area is 116 Å². The Morgan fingerprint density at radius 3 is 2.78 bits per heavy atom. The Morgan fingerprint density at radius 2 is 2.11 bits per heavy atom. The number of hydrogen-bond acceptors (Lipinski definition) is 2. The van der Waals surface area contributed by atoms with Gasteiger partial charge in [-0.1, -0.05) is 34.8 Å². The molecule has 2 unspecified atom stereocenters. The van der Waals surface area contributed by atoms with Crippen molar-refractivity contribution in [2.45, 2.75) is 44.8 Å². The molecule has 0 aromatic heterocycles. The number of aliphatic hydroxyl groups excluding tert-OH is 1. The molecule has 4 heteroatoms. The van der Waals surface area contributed by atoms with Gasteiger partial charge in [0.05, 0.1) is 12.1 Å². The minimum absolute atomic E-state index is 0.105. The fraction of sp³-hybridized carbons (Fsp3) is 0.500.